The van der Waals surface area contributed by atoms with Crippen LogP contribution in [0.3, 0.4) is 0 Å². The molecule has 0 fully saturated rings. The number of aromatic nitrogens is 2. The van der Waals surface area contributed by atoms with Gasteiger partial charge in [-0.2, -0.15) is 13.2 Å². The van der Waals surface area contributed by atoms with Gasteiger partial charge < -0.3 is 9.90 Å². The lowest BCUT2D eigenvalue weighted by Crippen LogP contribution is -2.23. The van der Waals surface area contributed by atoms with E-state index in [1.54, 1.807) is 0 Å². The molecule has 0 amide bonds. The number of benzene rings is 1. The molecule has 0 bridgehead atoms. The summed E-state index contributed by atoms with van der Waals surface area (Å²) in [5.41, 5.74) is -0.985. The van der Waals surface area contributed by atoms with Crippen molar-refractivity contribution >= 4 is 5.97 Å². The average Bonchev–Trinajstić information content (AvgIpc) is 2.38. The van der Waals surface area contributed by atoms with Crippen LogP contribution in [0.25, 0.3) is 11.3 Å². The van der Waals surface area contributed by atoms with Crippen LogP contribution >= 0.6 is 0 Å². The molecule has 2 aromatic rings. The minimum Gasteiger partial charge on any atom is -0.543 e. The monoisotopic (exact) mass is 267 g/mol. The third-order valence-corrected chi connectivity index (χ3v) is 2.36. The zero-order valence-corrected chi connectivity index (χ0v) is 9.31. The van der Waals surface area contributed by atoms with Gasteiger partial charge in [0.1, 0.15) is 6.33 Å². The Morgan fingerprint density at radius 2 is 1.89 bits per heavy atom. The molecular formula is C12H6F3N2O2-. The van der Waals surface area contributed by atoms with Gasteiger partial charge in [0.15, 0.2) is 0 Å². The Labute approximate surface area is 105 Å². The van der Waals surface area contributed by atoms with Crippen LogP contribution in [0.2, 0.25) is 0 Å². The molecule has 19 heavy (non-hydrogen) atoms. The first-order valence-corrected chi connectivity index (χ1v) is 5.09. The molecule has 2 rings (SSSR count). The van der Waals surface area contributed by atoms with Gasteiger partial charge in [-0.3, -0.25) is 0 Å². The minimum atomic E-state index is -4.47. The van der Waals surface area contributed by atoms with Gasteiger partial charge in [-0.25, -0.2) is 9.97 Å². The second kappa shape index (κ2) is 4.68. The molecule has 0 radical (unpaired) electrons. The van der Waals surface area contributed by atoms with Crippen molar-refractivity contribution in [3.05, 3.63) is 47.9 Å². The van der Waals surface area contributed by atoms with Crippen LogP contribution in [0.1, 0.15) is 16.1 Å². The zero-order chi connectivity index (χ0) is 14.0. The Morgan fingerprint density at radius 3 is 2.53 bits per heavy atom. The van der Waals surface area contributed by atoms with Crippen molar-refractivity contribution in [1.82, 2.24) is 9.97 Å². The van der Waals surface area contributed by atoms with Gasteiger partial charge in [0.25, 0.3) is 0 Å². The number of carboxylic acid groups (broad SMARTS) is 1. The van der Waals surface area contributed by atoms with Crippen molar-refractivity contribution in [1.29, 1.82) is 0 Å². The number of aromatic carboxylic acids is 1. The molecule has 0 saturated heterocycles. The van der Waals surface area contributed by atoms with E-state index in [4.69, 9.17) is 0 Å². The maximum atomic E-state index is 12.6. The predicted molar refractivity (Wildman–Crippen MR) is 56.8 cm³/mol. The molecule has 1 aromatic carbocycles. The third kappa shape index (κ3) is 2.87. The van der Waals surface area contributed by atoms with Gasteiger partial charge in [0, 0.05) is 5.56 Å². The van der Waals surface area contributed by atoms with Gasteiger partial charge in [-0.05, 0) is 18.2 Å². The number of hydrogen-bond donors (Lipinski definition) is 0. The largest absolute Gasteiger partial charge is 0.543 e. The average molecular weight is 267 g/mol. The summed E-state index contributed by atoms with van der Waals surface area (Å²) in [6, 6.07) is 5.49. The highest BCUT2D eigenvalue weighted by Crippen LogP contribution is 2.31. The molecular weight excluding hydrogens is 261 g/mol. The molecule has 98 valence electrons. The maximum absolute atomic E-state index is 12.6. The number of carbonyl (C=O) groups is 1. The van der Waals surface area contributed by atoms with E-state index in [0.717, 1.165) is 24.5 Å². The molecule has 0 aliphatic heterocycles. The number of halogens is 3. The second-order valence-corrected chi connectivity index (χ2v) is 3.65. The fourth-order valence-corrected chi connectivity index (χ4v) is 1.48. The zero-order valence-electron chi connectivity index (χ0n) is 9.31. The summed E-state index contributed by atoms with van der Waals surface area (Å²) in [5, 5.41) is 10.6. The second-order valence-electron chi connectivity index (χ2n) is 3.65. The summed E-state index contributed by atoms with van der Waals surface area (Å²) < 4.78 is 37.7. The summed E-state index contributed by atoms with van der Waals surface area (Å²) in [5.74, 6) is -1.52. The lowest BCUT2D eigenvalue weighted by molar-refractivity contribution is -0.255. The molecule has 0 aliphatic rings. The lowest BCUT2D eigenvalue weighted by atomic mass is 10.1. The number of carbonyl (C=O) groups excluding carboxylic acids is 1. The van der Waals surface area contributed by atoms with E-state index in [9.17, 15) is 23.1 Å². The quantitative estimate of drug-likeness (QED) is 0.827. The SMILES string of the molecule is O=C([O-])c1cc(-c2cccc(C(F)(F)F)c2)ncn1. The number of nitrogens with zero attached hydrogens (tertiary/aromatic N) is 2. The summed E-state index contributed by atoms with van der Waals surface area (Å²) in [6.07, 6.45) is -3.51. The van der Waals surface area contributed by atoms with Crippen molar-refractivity contribution in [3.63, 3.8) is 0 Å². The van der Waals surface area contributed by atoms with E-state index in [0.29, 0.717) is 0 Å². The van der Waals surface area contributed by atoms with Crippen LogP contribution in [0, 0.1) is 0 Å². The Hall–Kier alpha value is -2.44. The first kappa shape index (κ1) is 13.0. The summed E-state index contributed by atoms with van der Waals surface area (Å²) in [6.45, 7) is 0. The normalized spacial score (nSPS) is 11.3. The highest BCUT2D eigenvalue weighted by molar-refractivity contribution is 5.84. The van der Waals surface area contributed by atoms with Gasteiger partial charge in [0.05, 0.1) is 22.9 Å². The van der Waals surface area contributed by atoms with E-state index in [2.05, 4.69) is 9.97 Å². The van der Waals surface area contributed by atoms with Gasteiger partial charge in [-0.1, -0.05) is 12.1 Å². The van der Waals surface area contributed by atoms with E-state index < -0.39 is 17.7 Å². The summed E-state index contributed by atoms with van der Waals surface area (Å²) >= 11 is 0. The van der Waals surface area contributed by atoms with Crippen molar-refractivity contribution in [3.8, 4) is 11.3 Å². The first-order valence-electron chi connectivity index (χ1n) is 5.09. The fourth-order valence-electron chi connectivity index (χ4n) is 1.48. The molecule has 0 N–H and O–H groups in total. The molecule has 0 saturated carbocycles. The number of carboxylic acids is 1. The van der Waals surface area contributed by atoms with E-state index in [-0.39, 0.29) is 17.0 Å². The van der Waals surface area contributed by atoms with Crippen molar-refractivity contribution in [2.45, 2.75) is 6.18 Å². The van der Waals surface area contributed by atoms with Gasteiger partial charge in [-0.15, -0.1) is 0 Å². The van der Waals surface area contributed by atoms with Crippen LogP contribution < -0.4 is 5.11 Å². The van der Waals surface area contributed by atoms with Crippen LogP contribution in [-0.2, 0) is 6.18 Å². The Bertz CT molecular complexity index is 626. The van der Waals surface area contributed by atoms with Crippen molar-refractivity contribution < 1.29 is 23.1 Å². The fraction of sp³-hybridized carbons (Fsp3) is 0.0833. The standard InChI is InChI=1S/C12H7F3N2O2/c13-12(14,15)8-3-1-2-7(4-8)9-5-10(11(18)19)17-6-16-9/h1-6H,(H,18,19)/p-1. The number of alkyl halides is 3. The van der Waals surface area contributed by atoms with E-state index >= 15 is 0 Å². The van der Waals surface area contributed by atoms with Crippen molar-refractivity contribution in [2.24, 2.45) is 0 Å². The van der Waals surface area contributed by atoms with E-state index in [1.165, 1.54) is 12.1 Å². The third-order valence-electron chi connectivity index (χ3n) is 2.36. The van der Waals surface area contributed by atoms with Crippen LogP contribution in [-0.4, -0.2) is 15.9 Å². The van der Waals surface area contributed by atoms with Gasteiger partial charge in [0.2, 0.25) is 0 Å². The van der Waals surface area contributed by atoms with Crippen LogP contribution in [0.15, 0.2) is 36.7 Å². The predicted octanol–water partition coefficient (Wildman–Crippen LogP) is 1.53. The molecule has 0 aliphatic carbocycles. The molecule has 7 heteroatoms. The highest BCUT2D eigenvalue weighted by Gasteiger charge is 2.30. The minimum absolute atomic E-state index is 0.0836. The van der Waals surface area contributed by atoms with Crippen molar-refractivity contribution in [2.75, 3.05) is 0 Å². The summed E-state index contributed by atoms with van der Waals surface area (Å²) in [4.78, 5) is 17.8. The highest BCUT2D eigenvalue weighted by atomic mass is 19.4. The Morgan fingerprint density at radius 1 is 1.16 bits per heavy atom. The topological polar surface area (TPSA) is 65.9 Å². The van der Waals surface area contributed by atoms with Crippen LogP contribution in [0.4, 0.5) is 13.2 Å². The lowest BCUT2D eigenvalue weighted by Gasteiger charge is -2.09. The smallest absolute Gasteiger partial charge is 0.416 e. The molecule has 4 nitrogen and oxygen atoms in total. The number of hydrogen-bond acceptors (Lipinski definition) is 4. The van der Waals surface area contributed by atoms with E-state index in [1.807, 2.05) is 0 Å². The first-order chi connectivity index (χ1) is 8.88. The summed E-state index contributed by atoms with van der Waals surface area (Å²) in [7, 11) is 0. The molecule has 1 aromatic heterocycles. The van der Waals surface area contributed by atoms with Crippen LogP contribution in [0.5, 0.6) is 0 Å². The Kier molecular flexibility index (Phi) is 3.20. The molecule has 1 heterocycles. The maximum Gasteiger partial charge on any atom is 0.416 e. The molecule has 0 spiro atoms. The molecule has 0 unspecified atom stereocenters. The van der Waals surface area contributed by atoms with Gasteiger partial charge >= 0.3 is 6.18 Å². The Balaban J connectivity index is 2.48. The number of rotatable bonds is 2. The molecule has 0 atom stereocenters.